The van der Waals surface area contributed by atoms with Gasteiger partial charge in [0.1, 0.15) is 5.75 Å². The zero-order chi connectivity index (χ0) is 23.0. The number of nitrogens with one attached hydrogen (secondary N) is 1. The first-order valence-electron chi connectivity index (χ1n) is 11.8. The van der Waals surface area contributed by atoms with Gasteiger partial charge in [-0.2, -0.15) is 0 Å². The molecule has 1 N–H and O–H groups in total. The van der Waals surface area contributed by atoms with Crippen LogP contribution in [0.5, 0.6) is 5.75 Å². The zero-order valence-corrected chi connectivity index (χ0v) is 19.5. The molecule has 1 aliphatic heterocycles. The number of rotatable bonds is 7. The van der Waals surface area contributed by atoms with Gasteiger partial charge in [0.05, 0.1) is 5.69 Å². The number of aromatic nitrogens is 2. The van der Waals surface area contributed by atoms with Gasteiger partial charge in [0.2, 0.25) is 0 Å². The number of amides is 1. The molecule has 6 nitrogen and oxygen atoms in total. The average molecular weight is 445 g/mol. The molecule has 1 fully saturated rings. The highest BCUT2D eigenvalue weighted by Crippen LogP contribution is 2.26. The predicted molar refractivity (Wildman–Crippen MR) is 133 cm³/mol. The molecule has 0 unspecified atom stereocenters. The molecule has 4 rings (SSSR count). The van der Waals surface area contributed by atoms with Gasteiger partial charge < -0.3 is 15.0 Å². The van der Waals surface area contributed by atoms with Crippen molar-refractivity contribution < 1.29 is 9.53 Å². The van der Waals surface area contributed by atoms with Crippen molar-refractivity contribution in [2.75, 3.05) is 29.9 Å². The van der Waals surface area contributed by atoms with E-state index in [0.717, 1.165) is 41.5 Å². The molecular formula is C27H32N4O2. The van der Waals surface area contributed by atoms with Gasteiger partial charge in [0.15, 0.2) is 12.4 Å². The molecule has 1 aromatic heterocycles. The monoisotopic (exact) mass is 444 g/mol. The maximum Gasteiger partial charge on any atom is 0.262 e. The number of anilines is 2. The molecule has 0 radical (unpaired) electrons. The van der Waals surface area contributed by atoms with E-state index in [2.05, 4.69) is 34.3 Å². The molecule has 1 saturated heterocycles. The maximum atomic E-state index is 12.5. The highest BCUT2D eigenvalue weighted by Gasteiger charge is 2.13. The van der Waals surface area contributed by atoms with Crippen LogP contribution in [0.4, 0.5) is 11.5 Å². The third-order valence-corrected chi connectivity index (χ3v) is 5.92. The van der Waals surface area contributed by atoms with Crippen LogP contribution in [0.15, 0.2) is 60.7 Å². The summed E-state index contributed by atoms with van der Waals surface area (Å²) >= 11 is 0. The number of carbonyl (C=O) groups excluding carboxylic acids is 1. The van der Waals surface area contributed by atoms with Crippen LogP contribution in [-0.4, -0.2) is 35.8 Å². The molecule has 0 saturated carbocycles. The predicted octanol–water partition coefficient (Wildman–Crippen LogP) is 5.66. The lowest BCUT2D eigenvalue weighted by molar-refractivity contribution is -0.118. The van der Waals surface area contributed by atoms with Crippen molar-refractivity contribution >= 4 is 17.4 Å². The normalized spacial score (nSPS) is 14.1. The lowest BCUT2D eigenvalue weighted by atomic mass is 10.0. The lowest BCUT2D eigenvalue weighted by Gasteiger charge is -2.20. The Kier molecular flexibility index (Phi) is 7.55. The van der Waals surface area contributed by atoms with Crippen molar-refractivity contribution in [3.05, 3.63) is 66.2 Å². The van der Waals surface area contributed by atoms with Crippen LogP contribution in [0.25, 0.3) is 11.3 Å². The quantitative estimate of drug-likeness (QED) is 0.509. The van der Waals surface area contributed by atoms with Crippen LogP contribution in [0.1, 0.15) is 51.0 Å². The lowest BCUT2D eigenvalue weighted by Crippen LogP contribution is -2.25. The molecule has 1 amide bonds. The zero-order valence-electron chi connectivity index (χ0n) is 19.5. The Hall–Kier alpha value is -3.41. The summed E-state index contributed by atoms with van der Waals surface area (Å²) in [7, 11) is 0. The Morgan fingerprint density at radius 2 is 1.76 bits per heavy atom. The second-order valence-corrected chi connectivity index (χ2v) is 8.79. The highest BCUT2D eigenvalue weighted by atomic mass is 16.5. The second kappa shape index (κ2) is 10.9. The van der Waals surface area contributed by atoms with Crippen LogP contribution in [0.3, 0.4) is 0 Å². The van der Waals surface area contributed by atoms with E-state index in [1.54, 1.807) is 0 Å². The van der Waals surface area contributed by atoms with E-state index in [1.807, 2.05) is 60.7 Å². The molecule has 2 aromatic carbocycles. The van der Waals surface area contributed by atoms with Gasteiger partial charge in [-0.15, -0.1) is 10.2 Å². The standard InChI is InChI=1S/C27H32N4O2/c1-20(2)23-12-5-6-13-25(23)33-19-27(32)28-22-11-9-10-21(18-22)24-14-15-26(30-29-24)31-16-7-3-4-8-17-31/h5-6,9-15,18,20H,3-4,7-8,16-17,19H2,1-2H3,(H,28,32). The SMILES string of the molecule is CC(C)c1ccccc1OCC(=O)Nc1cccc(-c2ccc(N3CCCCCC3)nn2)c1. The Morgan fingerprint density at radius 1 is 0.970 bits per heavy atom. The third-order valence-electron chi connectivity index (χ3n) is 5.92. The Balaban J connectivity index is 1.38. The summed E-state index contributed by atoms with van der Waals surface area (Å²) in [6.45, 7) is 6.26. The molecule has 0 bridgehead atoms. The van der Waals surface area contributed by atoms with Gasteiger partial charge in [0.25, 0.3) is 5.91 Å². The van der Waals surface area contributed by atoms with Crippen LogP contribution in [0, 0.1) is 0 Å². The number of para-hydroxylation sites is 1. The minimum Gasteiger partial charge on any atom is -0.483 e. The molecule has 172 valence electrons. The number of nitrogens with zero attached hydrogens (tertiary/aromatic N) is 3. The molecule has 33 heavy (non-hydrogen) atoms. The van der Waals surface area contributed by atoms with Gasteiger partial charge in [-0.05, 0) is 54.7 Å². The van der Waals surface area contributed by atoms with Gasteiger partial charge in [-0.25, -0.2) is 0 Å². The van der Waals surface area contributed by atoms with E-state index < -0.39 is 0 Å². The van der Waals surface area contributed by atoms with Crippen molar-refractivity contribution in [3.63, 3.8) is 0 Å². The number of benzene rings is 2. The summed E-state index contributed by atoms with van der Waals surface area (Å²) in [6, 6.07) is 19.5. The van der Waals surface area contributed by atoms with E-state index >= 15 is 0 Å². The first-order valence-corrected chi connectivity index (χ1v) is 11.8. The fourth-order valence-electron chi connectivity index (χ4n) is 4.13. The smallest absolute Gasteiger partial charge is 0.262 e. The van der Waals surface area contributed by atoms with Crippen LogP contribution in [0.2, 0.25) is 0 Å². The molecule has 0 spiro atoms. The van der Waals surface area contributed by atoms with Crippen LogP contribution < -0.4 is 15.0 Å². The van der Waals surface area contributed by atoms with E-state index in [-0.39, 0.29) is 12.5 Å². The van der Waals surface area contributed by atoms with Gasteiger partial charge in [-0.3, -0.25) is 4.79 Å². The topological polar surface area (TPSA) is 67.3 Å². The average Bonchev–Trinajstić information content (AvgIpc) is 3.13. The summed E-state index contributed by atoms with van der Waals surface area (Å²) in [5.41, 5.74) is 3.49. The van der Waals surface area contributed by atoms with Crippen molar-refractivity contribution in [1.82, 2.24) is 10.2 Å². The van der Waals surface area contributed by atoms with Gasteiger partial charge in [-0.1, -0.05) is 57.0 Å². The van der Waals surface area contributed by atoms with Crippen molar-refractivity contribution in [1.29, 1.82) is 0 Å². The second-order valence-electron chi connectivity index (χ2n) is 8.79. The summed E-state index contributed by atoms with van der Waals surface area (Å²) in [5, 5.41) is 11.8. The Bertz CT molecular complexity index is 1060. The fraction of sp³-hybridized carbons (Fsp3) is 0.370. The minimum atomic E-state index is -0.201. The van der Waals surface area contributed by atoms with E-state index in [4.69, 9.17) is 4.74 Å². The van der Waals surface area contributed by atoms with Gasteiger partial charge >= 0.3 is 0 Å². The van der Waals surface area contributed by atoms with Gasteiger partial charge in [0, 0.05) is 24.3 Å². The molecule has 6 heteroatoms. The molecule has 2 heterocycles. The summed E-state index contributed by atoms with van der Waals surface area (Å²) < 4.78 is 5.79. The Morgan fingerprint density at radius 3 is 2.48 bits per heavy atom. The fourth-order valence-corrected chi connectivity index (χ4v) is 4.13. The van der Waals surface area contributed by atoms with E-state index in [0.29, 0.717) is 11.6 Å². The molecular weight excluding hydrogens is 412 g/mol. The summed E-state index contributed by atoms with van der Waals surface area (Å²) in [5.74, 6) is 1.81. The number of ether oxygens (including phenoxy) is 1. The van der Waals surface area contributed by atoms with Crippen LogP contribution >= 0.6 is 0 Å². The molecule has 1 aliphatic rings. The largest absolute Gasteiger partial charge is 0.483 e. The molecule has 0 aliphatic carbocycles. The van der Waals surface area contributed by atoms with E-state index in [9.17, 15) is 4.79 Å². The van der Waals surface area contributed by atoms with Crippen molar-refractivity contribution in [3.8, 4) is 17.0 Å². The number of carbonyl (C=O) groups is 1. The first kappa shape index (κ1) is 22.8. The first-order chi connectivity index (χ1) is 16.1. The summed E-state index contributed by atoms with van der Waals surface area (Å²) in [4.78, 5) is 14.8. The summed E-state index contributed by atoms with van der Waals surface area (Å²) in [6.07, 6.45) is 4.99. The third kappa shape index (κ3) is 6.09. The number of hydrogen-bond acceptors (Lipinski definition) is 5. The van der Waals surface area contributed by atoms with Crippen molar-refractivity contribution in [2.24, 2.45) is 0 Å². The minimum absolute atomic E-state index is 0.0434. The molecule has 0 atom stereocenters. The van der Waals surface area contributed by atoms with Crippen molar-refractivity contribution in [2.45, 2.75) is 45.4 Å². The van der Waals surface area contributed by atoms with Crippen LogP contribution in [-0.2, 0) is 4.79 Å². The highest BCUT2D eigenvalue weighted by molar-refractivity contribution is 5.92. The number of hydrogen-bond donors (Lipinski definition) is 1. The maximum absolute atomic E-state index is 12.5. The molecule has 3 aromatic rings. The van der Waals surface area contributed by atoms with E-state index in [1.165, 1.54) is 25.7 Å². The Labute approximate surface area is 196 Å².